The number of aromatic nitrogens is 3. The molecule has 7 heteroatoms. The standard InChI is InChI=1S/C26H31N5O2/c1-26(2,3)30(4)20-10-11-31(15-20)23-9-8-22-21-7-6-17(12-19(21)16-33-25(22)28-23)18-13-24(32-5)29-27-14-18/h6-9,12-14,20H,10-11,15-16H2,1-5H3. The number of hydrogen-bond donors (Lipinski definition) is 0. The molecule has 0 aliphatic carbocycles. The van der Waals surface area contributed by atoms with Crippen molar-refractivity contribution in [2.45, 2.75) is 45.4 Å². The van der Waals surface area contributed by atoms with Gasteiger partial charge in [0.05, 0.1) is 13.3 Å². The topological polar surface area (TPSA) is 63.6 Å². The summed E-state index contributed by atoms with van der Waals surface area (Å²) in [7, 11) is 3.82. The fourth-order valence-corrected chi connectivity index (χ4v) is 4.64. The molecule has 172 valence electrons. The van der Waals surface area contributed by atoms with E-state index >= 15 is 0 Å². The number of pyridine rings is 1. The van der Waals surface area contributed by atoms with Crippen LogP contribution in [0.1, 0.15) is 32.8 Å². The van der Waals surface area contributed by atoms with E-state index in [1.54, 1.807) is 13.3 Å². The van der Waals surface area contributed by atoms with E-state index in [1.807, 2.05) is 6.07 Å². The van der Waals surface area contributed by atoms with Gasteiger partial charge in [0.2, 0.25) is 11.8 Å². The van der Waals surface area contributed by atoms with Crippen LogP contribution < -0.4 is 14.4 Å². The van der Waals surface area contributed by atoms with Gasteiger partial charge in [-0.05, 0) is 69.1 Å². The largest absolute Gasteiger partial charge is 0.480 e. The van der Waals surface area contributed by atoms with Crippen LogP contribution in [0.3, 0.4) is 0 Å². The van der Waals surface area contributed by atoms with Crippen LogP contribution in [-0.2, 0) is 6.61 Å². The molecule has 0 spiro atoms. The average molecular weight is 446 g/mol. The number of benzene rings is 1. The van der Waals surface area contributed by atoms with Crippen LogP contribution in [0.2, 0.25) is 0 Å². The monoisotopic (exact) mass is 445 g/mol. The van der Waals surface area contributed by atoms with Crippen molar-refractivity contribution in [3.05, 3.63) is 48.2 Å². The molecule has 7 nitrogen and oxygen atoms in total. The second kappa shape index (κ2) is 8.30. The molecule has 1 aromatic carbocycles. The lowest BCUT2D eigenvalue weighted by Crippen LogP contribution is -2.46. The van der Waals surface area contributed by atoms with E-state index in [-0.39, 0.29) is 5.54 Å². The third-order valence-corrected chi connectivity index (χ3v) is 6.87. The molecular weight excluding hydrogens is 414 g/mol. The molecule has 0 radical (unpaired) electrons. The number of hydrogen-bond acceptors (Lipinski definition) is 7. The Morgan fingerprint density at radius 1 is 1.09 bits per heavy atom. The fraction of sp³-hybridized carbons (Fsp3) is 0.423. The Morgan fingerprint density at radius 2 is 1.91 bits per heavy atom. The summed E-state index contributed by atoms with van der Waals surface area (Å²) in [6, 6.07) is 13.1. The van der Waals surface area contributed by atoms with Gasteiger partial charge < -0.3 is 14.4 Å². The molecule has 0 bridgehead atoms. The molecule has 5 rings (SSSR count). The van der Waals surface area contributed by atoms with Crippen molar-refractivity contribution in [1.29, 1.82) is 0 Å². The quantitative estimate of drug-likeness (QED) is 0.589. The number of fused-ring (bicyclic) bond motifs is 3. The van der Waals surface area contributed by atoms with Crippen LogP contribution >= 0.6 is 0 Å². The zero-order valence-corrected chi connectivity index (χ0v) is 20.0. The van der Waals surface area contributed by atoms with Gasteiger partial charge in [0.25, 0.3) is 0 Å². The number of methoxy groups -OCH3 is 1. The summed E-state index contributed by atoms with van der Waals surface area (Å²) in [5, 5.41) is 7.99. The van der Waals surface area contributed by atoms with Gasteiger partial charge in [0.15, 0.2) is 0 Å². The molecular formula is C26H31N5O2. The van der Waals surface area contributed by atoms with Crippen molar-refractivity contribution < 1.29 is 9.47 Å². The van der Waals surface area contributed by atoms with Gasteiger partial charge in [-0.3, -0.25) is 4.90 Å². The predicted octanol–water partition coefficient (Wildman–Crippen LogP) is 4.42. The summed E-state index contributed by atoms with van der Waals surface area (Å²) in [5.74, 6) is 2.21. The van der Waals surface area contributed by atoms with E-state index in [1.165, 1.54) is 5.56 Å². The van der Waals surface area contributed by atoms with Crippen molar-refractivity contribution in [3.63, 3.8) is 0 Å². The Morgan fingerprint density at radius 3 is 2.70 bits per heavy atom. The van der Waals surface area contributed by atoms with Crippen molar-refractivity contribution in [2.75, 3.05) is 32.1 Å². The summed E-state index contributed by atoms with van der Waals surface area (Å²) in [5.41, 5.74) is 5.53. The van der Waals surface area contributed by atoms with Crippen molar-refractivity contribution >= 4 is 5.82 Å². The van der Waals surface area contributed by atoms with E-state index in [2.05, 4.69) is 78.1 Å². The molecule has 2 aliphatic heterocycles. The third kappa shape index (κ3) is 4.13. The van der Waals surface area contributed by atoms with Crippen LogP contribution in [0, 0.1) is 0 Å². The van der Waals surface area contributed by atoms with Crippen molar-refractivity contribution in [2.24, 2.45) is 0 Å². The molecule has 2 aromatic heterocycles. The minimum atomic E-state index is 0.160. The predicted molar refractivity (Wildman–Crippen MR) is 130 cm³/mol. The molecule has 33 heavy (non-hydrogen) atoms. The highest BCUT2D eigenvalue weighted by Crippen LogP contribution is 2.39. The van der Waals surface area contributed by atoms with E-state index in [0.29, 0.717) is 24.4 Å². The molecule has 0 N–H and O–H groups in total. The number of rotatable bonds is 4. The number of anilines is 1. The highest BCUT2D eigenvalue weighted by Gasteiger charge is 2.32. The maximum atomic E-state index is 6.11. The molecule has 0 saturated carbocycles. The number of likely N-dealkylation sites (N-methyl/N-ethyl adjacent to an activating group) is 1. The molecule has 4 heterocycles. The van der Waals surface area contributed by atoms with Gasteiger partial charge in [0.1, 0.15) is 12.4 Å². The molecule has 2 aliphatic rings. The molecule has 0 amide bonds. The SMILES string of the molecule is COc1cc(-c2ccc3c(c2)COc2nc(N4CCC(N(C)C(C)(C)C)C4)ccc2-3)cnn1. The second-order valence-electron chi connectivity index (χ2n) is 9.84. The van der Waals surface area contributed by atoms with E-state index in [0.717, 1.165) is 47.6 Å². The Balaban J connectivity index is 1.38. The zero-order valence-electron chi connectivity index (χ0n) is 20.0. The highest BCUT2D eigenvalue weighted by molar-refractivity contribution is 5.78. The van der Waals surface area contributed by atoms with E-state index in [9.17, 15) is 0 Å². The van der Waals surface area contributed by atoms with Crippen LogP contribution in [0.15, 0.2) is 42.6 Å². The Kier molecular flexibility index (Phi) is 5.44. The van der Waals surface area contributed by atoms with Crippen LogP contribution in [0.5, 0.6) is 11.8 Å². The lowest BCUT2D eigenvalue weighted by Gasteiger charge is -2.37. The lowest BCUT2D eigenvalue weighted by molar-refractivity contribution is 0.127. The Labute approximate surface area is 195 Å². The van der Waals surface area contributed by atoms with E-state index < -0.39 is 0 Å². The molecule has 1 unspecified atom stereocenters. The van der Waals surface area contributed by atoms with Crippen molar-refractivity contribution in [3.8, 4) is 34.0 Å². The van der Waals surface area contributed by atoms with Gasteiger partial charge in [-0.1, -0.05) is 12.1 Å². The first-order valence-corrected chi connectivity index (χ1v) is 11.5. The van der Waals surface area contributed by atoms with Crippen LogP contribution in [-0.4, -0.2) is 58.9 Å². The minimum Gasteiger partial charge on any atom is -0.480 e. The first kappa shape index (κ1) is 21.6. The van der Waals surface area contributed by atoms with Gasteiger partial charge in [0, 0.05) is 41.9 Å². The highest BCUT2D eigenvalue weighted by atomic mass is 16.5. The third-order valence-electron chi connectivity index (χ3n) is 6.87. The molecule has 1 atom stereocenters. The van der Waals surface area contributed by atoms with Gasteiger partial charge in [-0.25, -0.2) is 0 Å². The van der Waals surface area contributed by atoms with Gasteiger partial charge in [-0.15, -0.1) is 5.10 Å². The number of nitrogens with zero attached hydrogens (tertiary/aromatic N) is 5. The second-order valence-corrected chi connectivity index (χ2v) is 9.84. The molecule has 3 aromatic rings. The Bertz CT molecular complexity index is 1170. The lowest BCUT2D eigenvalue weighted by atomic mass is 9.95. The first-order chi connectivity index (χ1) is 15.8. The summed E-state index contributed by atoms with van der Waals surface area (Å²) in [6.07, 6.45) is 2.89. The van der Waals surface area contributed by atoms with Gasteiger partial charge in [-0.2, -0.15) is 10.1 Å². The normalized spacial score (nSPS) is 17.5. The maximum Gasteiger partial charge on any atom is 0.233 e. The van der Waals surface area contributed by atoms with Crippen LogP contribution in [0.25, 0.3) is 22.3 Å². The van der Waals surface area contributed by atoms with Crippen LogP contribution in [0.4, 0.5) is 5.82 Å². The fourth-order valence-electron chi connectivity index (χ4n) is 4.64. The molecule has 1 saturated heterocycles. The summed E-state index contributed by atoms with van der Waals surface area (Å²) < 4.78 is 11.3. The van der Waals surface area contributed by atoms with Gasteiger partial charge >= 0.3 is 0 Å². The summed E-state index contributed by atoms with van der Waals surface area (Å²) >= 11 is 0. The molecule has 1 fully saturated rings. The Hall–Kier alpha value is -3.19. The minimum absolute atomic E-state index is 0.160. The van der Waals surface area contributed by atoms with E-state index in [4.69, 9.17) is 14.5 Å². The smallest absolute Gasteiger partial charge is 0.233 e. The average Bonchev–Trinajstić information content (AvgIpc) is 3.32. The first-order valence-electron chi connectivity index (χ1n) is 11.5. The zero-order chi connectivity index (χ0) is 23.2. The number of ether oxygens (including phenoxy) is 2. The summed E-state index contributed by atoms with van der Waals surface area (Å²) in [6.45, 7) is 9.31. The summed E-state index contributed by atoms with van der Waals surface area (Å²) in [4.78, 5) is 9.75. The maximum absolute atomic E-state index is 6.11. The van der Waals surface area contributed by atoms with Crippen molar-refractivity contribution in [1.82, 2.24) is 20.1 Å².